The first-order valence-electron chi connectivity index (χ1n) is 6.11. The normalized spacial score (nSPS) is 22.4. The van der Waals surface area contributed by atoms with Crippen molar-refractivity contribution in [2.24, 2.45) is 0 Å². The first kappa shape index (κ1) is 13.6. The quantitative estimate of drug-likeness (QED) is 0.728. The Morgan fingerprint density at radius 1 is 1.63 bits per heavy atom. The van der Waals surface area contributed by atoms with Crippen molar-refractivity contribution < 1.29 is 19.0 Å². The molecule has 6 heteroatoms. The van der Waals surface area contributed by atoms with Gasteiger partial charge < -0.3 is 20.9 Å². The highest BCUT2D eigenvalue weighted by Gasteiger charge is 2.29. The molecule has 4 N–H and O–H groups in total. The fourth-order valence-corrected chi connectivity index (χ4v) is 2.17. The number of hydrogen-bond acceptors (Lipinski definition) is 4. The van der Waals surface area contributed by atoms with E-state index in [-0.39, 0.29) is 22.5 Å². The summed E-state index contributed by atoms with van der Waals surface area (Å²) in [6.45, 7) is 3.07. The molecule has 1 aliphatic heterocycles. The van der Waals surface area contributed by atoms with Gasteiger partial charge >= 0.3 is 5.97 Å². The zero-order valence-electron chi connectivity index (χ0n) is 10.7. The van der Waals surface area contributed by atoms with Crippen LogP contribution < -0.4 is 11.1 Å². The number of ether oxygens (including phenoxy) is 1. The van der Waals surface area contributed by atoms with Gasteiger partial charge in [0.15, 0.2) is 0 Å². The fraction of sp³-hybridized carbons (Fsp3) is 0.462. The number of carboxylic acids is 1. The SMILES string of the molecule is CC1(CNc2cc(C(=O)O)c(N)cc2F)CCCO1. The molecular weight excluding hydrogens is 251 g/mol. The summed E-state index contributed by atoms with van der Waals surface area (Å²) in [6.07, 6.45) is 1.87. The Bertz CT molecular complexity index is 499. The van der Waals surface area contributed by atoms with Crippen molar-refractivity contribution in [3.05, 3.63) is 23.5 Å². The maximum atomic E-state index is 13.7. The molecule has 5 nitrogen and oxygen atoms in total. The molecule has 1 saturated heterocycles. The van der Waals surface area contributed by atoms with Gasteiger partial charge in [-0.15, -0.1) is 0 Å². The van der Waals surface area contributed by atoms with Gasteiger partial charge in [0.25, 0.3) is 0 Å². The minimum atomic E-state index is -1.18. The predicted octanol–water partition coefficient (Wildman–Crippen LogP) is 2.09. The summed E-state index contributed by atoms with van der Waals surface area (Å²) in [5.74, 6) is -1.74. The van der Waals surface area contributed by atoms with Gasteiger partial charge in [-0.05, 0) is 31.9 Å². The van der Waals surface area contributed by atoms with Crippen molar-refractivity contribution in [1.29, 1.82) is 0 Å². The van der Waals surface area contributed by atoms with Gasteiger partial charge in [-0.1, -0.05) is 0 Å². The first-order valence-corrected chi connectivity index (χ1v) is 6.11. The summed E-state index contributed by atoms with van der Waals surface area (Å²) in [4.78, 5) is 11.0. The van der Waals surface area contributed by atoms with E-state index in [1.54, 1.807) is 0 Å². The number of benzene rings is 1. The minimum Gasteiger partial charge on any atom is -0.478 e. The molecule has 1 unspecified atom stereocenters. The average molecular weight is 268 g/mol. The minimum absolute atomic E-state index is 0.0844. The molecule has 0 bridgehead atoms. The van der Waals surface area contributed by atoms with Crippen LogP contribution in [0.4, 0.5) is 15.8 Å². The summed E-state index contributed by atoms with van der Waals surface area (Å²) < 4.78 is 19.3. The number of nitrogen functional groups attached to an aromatic ring is 1. The second-order valence-electron chi connectivity index (χ2n) is 4.98. The Labute approximate surface area is 110 Å². The molecule has 0 aliphatic carbocycles. The molecule has 0 amide bonds. The van der Waals surface area contributed by atoms with E-state index >= 15 is 0 Å². The molecule has 0 radical (unpaired) electrons. The Kier molecular flexibility index (Phi) is 3.61. The first-order chi connectivity index (χ1) is 8.91. The van der Waals surface area contributed by atoms with E-state index in [9.17, 15) is 9.18 Å². The number of carboxylic acid groups (broad SMARTS) is 1. The van der Waals surface area contributed by atoms with Crippen LogP contribution in [-0.2, 0) is 4.74 Å². The van der Waals surface area contributed by atoms with Crippen LogP contribution >= 0.6 is 0 Å². The summed E-state index contributed by atoms with van der Waals surface area (Å²) in [5.41, 5.74) is 5.06. The van der Waals surface area contributed by atoms with Crippen LogP contribution in [0, 0.1) is 5.82 Å². The highest BCUT2D eigenvalue weighted by molar-refractivity contribution is 5.94. The Morgan fingerprint density at radius 3 is 2.95 bits per heavy atom. The average Bonchev–Trinajstić information content (AvgIpc) is 2.75. The predicted molar refractivity (Wildman–Crippen MR) is 69.9 cm³/mol. The van der Waals surface area contributed by atoms with Gasteiger partial charge in [-0.3, -0.25) is 0 Å². The summed E-state index contributed by atoms with van der Waals surface area (Å²) >= 11 is 0. The maximum Gasteiger partial charge on any atom is 0.337 e. The Hall–Kier alpha value is -1.82. The lowest BCUT2D eigenvalue weighted by molar-refractivity contribution is 0.0315. The third-order valence-corrected chi connectivity index (χ3v) is 3.32. The second kappa shape index (κ2) is 5.05. The molecule has 1 aliphatic rings. The zero-order valence-corrected chi connectivity index (χ0v) is 10.7. The van der Waals surface area contributed by atoms with Crippen molar-refractivity contribution in [2.45, 2.75) is 25.4 Å². The molecule has 0 spiro atoms. The molecule has 1 fully saturated rings. The zero-order chi connectivity index (χ0) is 14.0. The third-order valence-electron chi connectivity index (χ3n) is 3.32. The number of hydrogen-bond donors (Lipinski definition) is 3. The Morgan fingerprint density at radius 2 is 2.37 bits per heavy atom. The van der Waals surface area contributed by atoms with Gasteiger partial charge in [0.05, 0.1) is 16.9 Å². The van der Waals surface area contributed by atoms with Crippen LogP contribution in [0.3, 0.4) is 0 Å². The van der Waals surface area contributed by atoms with Gasteiger partial charge in [-0.2, -0.15) is 0 Å². The molecule has 104 valence electrons. The van der Waals surface area contributed by atoms with Crippen molar-refractivity contribution in [3.8, 4) is 0 Å². The van der Waals surface area contributed by atoms with E-state index in [1.807, 2.05) is 6.92 Å². The van der Waals surface area contributed by atoms with E-state index < -0.39 is 11.8 Å². The second-order valence-corrected chi connectivity index (χ2v) is 4.98. The highest BCUT2D eigenvalue weighted by Crippen LogP contribution is 2.27. The standard InChI is InChI=1S/C13H17FN2O3/c1-13(3-2-4-19-13)7-16-11-5-8(12(17)18)10(15)6-9(11)14/h5-6,16H,2-4,7,15H2,1H3,(H,17,18). The lowest BCUT2D eigenvalue weighted by Crippen LogP contribution is -2.32. The van der Waals surface area contributed by atoms with Crippen LogP contribution in [0.25, 0.3) is 0 Å². The van der Waals surface area contributed by atoms with Gasteiger partial charge in [0.2, 0.25) is 0 Å². The number of aromatic carboxylic acids is 1. The molecule has 1 aromatic rings. The number of halogens is 1. The van der Waals surface area contributed by atoms with Crippen molar-refractivity contribution >= 4 is 17.3 Å². The summed E-state index contributed by atoms with van der Waals surface area (Å²) in [7, 11) is 0. The maximum absolute atomic E-state index is 13.7. The fourth-order valence-electron chi connectivity index (χ4n) is 2.17. The summed E-state index contributed by atoms with van der Waals surface area (Å²) in [5, 5.41) is 11.9. The molecule has 2 rings (SSSR count). The molecule has 0 saturated carbocycles. The van der Waals surface area contributed by atoms with E-state index in [0.29, 0.717) is 13.2 Å². The molecule has 1 aromatic carbocycles. The number of carbonyl (C=O) groups is 1. The van der Waals surface area contributed by atoms with Crippen molar-refractivity contribution in [1.82, 2.24) is 0 Å². The van der Waals surface area contributed by atoms with E-state index in [1.165, 1.54) is 6.07 Å². The number of anilines is 2. The number of rotatable bonds is 4. The largest absolute Gasteiger partial charge is 0.478 e. The van der Waals surface area contributed by atoms with Crippen LogP contribution in [0.1, 0.15) is 30.1 Å². The van der Waals surface area contributed by atoms with E-state index in [0.717, 1.165) is 18.9 Å². The van der Waals surface area contributed by atoms with E-state index in [4.69, 9.17) is 15.6 Å². The highest BCUT2D eigenvalue weighted by atomic mass is 19.1. The number of nitrogens with one attached hydrogen (secondary N) is 1. The topological polar surface area (TPSA) is 84.6 Å². The smallest absolute Gasteiger partial charge is 0.337 e. The van der Waals surface area contributed by atoms with Crippen LogP contribution in [0.5, 0.6) is 0 Å². The van der Waals surface area contributed by atoms with Gasteiger partial charge in [-0.25, -0.2) is 9.18 Å². The number of nitrogens with two attached hydrogens (primary N) is 1. The molecule has 0 aromatic heterocycles. The monoisotopic (exact) mass is 268 g/mol. The Balaban J connectivity index is 2.15. The van der Waals surface area contributed by atoms with Gasteiger partial charge in [0, 0.05) is 18.8 Å². The molecule has 1 atom stereocenters. The molecule has 19 heavy (non-hydrogen) atoms. The van der Waals surface area contributed by atoms with Crippen molar-refractivity contribution in [3.63, 3.8) is 0 Å². The molecule has 1 heterocycles. The van der Waals surface area contributed by atoms with E-state index in [2.05, 4.69) is 5.32 Å². The molecular formula is C13H17FN2O3. The lowest BCUT2D eigenvalue weighted by Gasteiger charge is -2.24. The van der Waals surface area contributed by atoms with Gasteiger partial charge in [0.1, 0.15) is 5.82 Å². The van der Waals surface area contributed by atoms with Crippen LogP contribution in [0.2, 0.25) is 0 Å². The third kappa shape index (κ3) is 2.96. The van der Waals surface area contributed by atoms with Crippen LogP contribution in [-0.4, -0.2) is 29.8 Å². The van der Waals surface area contributed by atoms with Crippen LogP contribution in [0.15, 0.2) is 12.1 Å². The van der Waals surface area contributed by atoms with Crippen molar-refractivity contribution in [2.75, 3.05) is 24.2 Å². The summed E-state index contributed by atoms with van der Waals surface area (Å²) in [6, 6.07) is 2.23. The lowest BCUT2D eigenvalue weighted by atomic mass is 10.0.